The van der Waals surface area contributed by atoms with Crippen LogP contribution in [0, 0.1) is 5.92 Å². The van der Waals surface area contributed by atoms with E-state index in [0.717, 1.165) is 37.0 Å². The van der Waals surface area contributed by atoms with Crippen molar-refractivity contribution in [1.29, 1.82) is 0 Å². The van der Waals surface area contributed by atoms with E-state index in [1.54, 1.807) is 6.26 Å². The van der Waals surface area contributed by atoms with Crippen LogP contribution in [0.5, 0.6) is 0 Å². The summed E-state index contributed by atoms with van der Waals surface area (Å²) in [7, 11) is 0. The van der Waals surface area contributed by atoms with Crippen LogP contribution in [0.1, 0.15) is 37.6 Å². The fraction of sp³-hybridized carbons (Fsp3) is 0.529. The molecule has 0 radical (unpaired) electrons. The fourth-order valence-corrected chi connectivity index (χ4v) is 3.69. The second-order valence-corrected chi connectivity index (χ2v) is 7.11. The van der Waals surface area contributed by atoms with Gasteiger partial charge in [0.1, 0.15) is 5.76 Å². The molecule has 1 N–H and O–H groups in total. The van der Waals surface area contributed by atoms with E-state index in [-0.39, 0.29) is 5.91 Å². The third-order valence-electron chi connectivity index (χ3n) is 4.10. The van der Waals surface area contributed by atoms with Gasteiger partial charge in [-0.25, -0.2) is 4.98 Å². The van der Waals surface area contributed by atoms with Crippen molar-refractivity contribution in [3.8, 4) is 0 Å². The molecule has 1 fully saturated rings. The van der Waals surface area contributed by atoms with Crippen LogP contribution in [-0.2, 0) is 17.8 Å². The van der Waals surface area contributed by atoms with Crippen molar-refractivity contribution in [3.63, 3.8) is 0 Å². The van der Waals surface area contributed by atoms with Crippen molar-refractivity contribution < 1.29 is 9.21 Å². The number of carbonyl (C=O) groups excluding carboxylic acids is 1. The van der Waals surface area contributed by atoms with E-state index >= 15 is 0 Å². The molecule has 0 aliphatic carbocycles. The van der Waals surface area contributed by atoms with E-state index in [4.69, 9.17) is 4.42 Å². The Bertz CT molecular complexity index is 624. The molecule has 0 bridgehead atoms. The summed E-state index contributed by atoms with van der Waals surface area (Å²) in [5, 5.41) is 5.61. The van der Waals surface area contributed by atoms with Gasteiger partial charge in [0.15, 0.2) is 5.13 Å². The number of amides is 1. The number of nitrogens with one attached hydrogen (secondary N) is 1. The lowest BCUT2D eigenvalue weighted by atomic mass is 10.0. The lowest BCUT2D eigenvalue weighted by Crippen LogP contribution is -2.33. The molecule has 1 saturated heterocycles. The van der Waals surface area contributed by atoms with E-state index in [1.165, 1.54) is 24.2 Å². The van der Waals surface area contributed by atoms with Gasteiger partial charge in [0.2, 0.25) is 5.91 Å². The van der Waals surface area contributed by atoms with Crippen molar-refractivity contribution in [2.45, 2.75) is 39.2 Å². The van der Waals surface area contributed by atoms with E-state index < -0.39 is 0 Å². The third-order valence-corrected chi connectivity index (χ3v) is 4.91. The van der Waals surface area contributed by atoms with Gasteiger partial charge in [-0.2, -0.15) is 0 Å². The highest BCUT2D eigenvalue weighted by Crippen LogP contribution is 2.21. The zero-order valence-corrected chi connectivity index (χ0v) is 14.3. The number of likely N-dealkylation sites (tertiary alicyclic amines) is 1. The average Bonchev–Trinajstić information content (AvgIpc) is 3.17. The molecule has 3 heterocycles. The molecule has 1 aliphatic heterocycles. The van der Waals surface area contributed by atoms with Crippen LogP contribution in [0.4, 0.5) is 5.13 Å². The van der Waals surface area contributed by atoms with E-state index in [2.05, 4.69) is 22.1 Å². The number of aryl methyl sites for hydroxylation is 1. The van der Waals surface area contributed by atoms with Gasteiger partial charge in [-0.1, -0.05) is 6.92 Å². The zero-order chi connectivity index (χ0) is 16.1. The summed E-state index contributed by atoms with van der Waals surface area (Å²) in [4.78, 5) is 18.9. The smallest absolute Gasteiger partial charge is 0.226 e. The maximum atomic E-state index is 12.0. The molecule has 6 heteroatoms. The standard InChI is InChI=1S/C17H23N3O2S/c1-13-4-2-8-20(10-13)11-14-12-23-17(18-14)19-16(21)7-6-15-5-3-9-22-15/h3,5,9,12-13H,2,4,6-8,10-11H2,1H3,(H,18,19,21). The van der Waals surface area contributed by atoms with Gasteiger partial charge in [-0.05, 0) is 37.4 Å². The maximum absolute atomic E-state index is 12.0. The fourth-order valence-electron chi connectivity index (χ4n) is 2.97. The normalized spacial score (nSPS) is 18.9. The van der Waals surface area contributed by atoms with Gasteiger partial charge in [0, 0.05) is 31.3 Å². The van der Waals surface area contributed by atoms with Gasteiger partial charge < -0.3 is 9.73 Å². The van der Waals surface area contributed by atoms with Gasteiger partial charge in [0.25, 0.3) is 0 Å². The van der Waals surface area contributed by atoms with Crippen LogP contribution in [0.25, 0.3) is 0 Å². The number of piperidine rings is 1. The van der Waals surface area contributed by atoms with Crippen molar-refractivity contribution in [1.82, 2.24) is 9.88 Å². The topological polar surface area (TPSA) is 58.4 Å². The van der Waals surface area contributed by atoms with E-state index in [9.17, 15) is 4.79 Å². The number of nitrogens with zero attached hydrogens (tertiary/aromatic N) is 2. The van der Waals surface area contributed by atoms with Crippen LogP contribution in [0.2, 0.25) is 0 Å². The molecule has 1 amide bonds. The average molecular weight is 333 g/mol. The maximum Gasteiger partial charge on any atom is 0.226 e. The van der Waals surface area contributed by atoms with Crippen molar-refractivity contribution in [2.24, 2.45) is 5.92 Å². The van der Waals surface area contributed by atoms with Crippen molar-refractivity contribution in [3.05, 3.63) is 35.2 Å². The Labute approximate surface area is 140 Å². The Kier molecular flexibility index (Phi) is 5.46. The molecule has 5 nitrogen and oxygen atoms in total. The number of aromatic nitrogens is 1. The summed E-state index contributed by atoms with van der Waals surface area (Å²) >= 11 is 1.50. The summed E-state index contributed by atoms with van der Waals surface area (Å²) in [5.74, 6) is 1.58. The van der Waals surface area contributed by atoms with Gasteiger partial charge in [-0.3, -0.25) is 9.69 Å². The van der Waals surface area contributed by atoms with E-state index in [1.807, 2.05) is 17.5 Å². The highest BCUT2D eigenvalue weighted by atomic mass is 32.1. The number of furan rings is 1. The summed E-state index contributed by atoms with van der Waals surface area (Å²) in [5.41, 5.74) is 1.05. The molecule has 23 heavy (non-hydrogen) atoms. The quantitative estimate of drug-likeness (QED) is 0.878. The number of rotatable bonds is 6. The molecule has 0 aromatic carbocycles. The first-order valence-corrected chi connectivity index (χ1v) is 9.06. The molecule has 3 rings (SSSR count). The van der Waals surface area contributed by atoms with Crippen molar-refractivity contribution >= 4 is 22.4 Å². The van der Waals surface area contributed by atoms with Crippen LogP contribution in [0.3, 0.4) is 0 Å². The number of thiazole rings is 1. The van der Waals surface area contributed by atoms with E-state index in [0.29, 0.717) is 18.0 Å². The first-order chi connectivity index (χ1) is 11.2. The monoisotopic (exact) mass is 333 g/mol. The molecule has 1 atom stereocenters. The minimum absolute atomic E-state index is 0.0195. The van der Waals surface area contributed by atoms with Crippen molar-refractivity contribution in [2.75, 3.05) is 18.4 Å². The number of anilines is 1. The van der Waals surface area contributed by atoms with Crippen LogP contribution >= 0.6 is 11.3 Å². The van der Waals surface area contributed by atoms with Gasteiger partial charge in [-0.15, -0.1) is 11.3 Å². The summed E-state index contributed by atoms with van der Waals surface area (Å²) in [6.45, 7) is 5.47. The molecule has 2 aromatic rings. The molecule has 0 spiro atoms. The number of hydrogen-bond acceptors (Lipinski definition) is 5. The Balaban J connectivity index is 1.45. The molecule has 1 unspecified atom stereocenters. The first-order valence-electron chi connectivity index (χ1n) is 8.18. The predicted octanol–water partition coefficient (Wildman–Crippen LogP) is 3.54. The number of hydrogen-bond donors (Lipinski definition) is 1. The van der Waals surface area contributed by atoms with Gasteiger partial charge in [0.05, 0.1) is 12.0 Å². The zero-order valence-electron chi connectivity index (χ0n) is 13.5. The predicted molar refractivity (Wildman–Crippen MR) is 91.4 cm³/mol. The summed E-state index contributed by atoms with van der Waals surface area (Å²) < 4.78 is 5.23. The minimum Gasteiger partial charge on any atom is -0.469 e. The Morgan fingerprint density at radius 1 is 1.57 bits per heavy atom. The largest absolute Gasteiger partial charge is 0.469 e. The molecular weight excluding hydrogens is 310 g/mol. The first kappa shape index (κ1) is 16.2. The summed E-state index contributed by atoms with van der Waals surface area (Å²) in [6.07, 6.45) is 5.24. The second-order valence-electron chi connectivity index (χ2n) is 6.25. The van der Waals surface area contributed by atoms with Crippen LogP contribution in [-0.4, -0.2) is 28.9 Å². The lowest BCUT2D eigenvalue weighted by molar-refractivity contribution is -0.116. The Morgan fingerprint density at radius 2 is 2.48 bits per heavy atom. The molecule has 0 saturated carbocycles. The minimum atomic E-state index is -0.0195. The molecule has 2 aromatic heterocycles. The Morgan fingerprint density at radius 3 is 3.26 bits per heavy atom. The molecular formula is C17H23N3O2S. The highest BCUT2D eigenvalue weighted by molar-refractivity contribution is 7.13. The van der Waals surface area contributed by atoms with Crippen LogP contribution < -0.4 is 5.32 Å². The molecule has 124 valence electrons. The van der Waals surface area contributed by atoms with Crippen LogP contribution in [0.15, 0.2) is 28.2 Å². The SMILES string of the molecule is CC1CCCN(Cc2csc(NC(=O)CCc3ccco3)n2)C1. The molecule has 1 aliphatic rings. The Hall–Kier alpha value is -1.66. The lowest BCUT2D eigenvalue weighted by Gasteiger charge is -2.30. The second kappa shape index (κ2) is 7.75. The highest BCUT2D eigenvalue weighted by Gasteiger charge is 2.17. The summed E-state index contributed by atoms with van der Waals surface area (Å²) in [6, 6.07) is 3.72. The van der Waals surface area contributed by atoms with Gasteiger partial charge >= 0.3 is 0 Å². The third kappa shape index (κ3) is 4.91. The number of carbonyl (C=O) groups is 1.